The number of aliphatic hydroxyl groups is 1. The van der Waals surface area contributed by atoms with E-state index in [0.717, 1.165) is 31.6 Å². The molecule has 1 unspecified atom stereocenters. The summed E-state index contributed by atoms with van der Waals surface area (Å²) in [6.07, 6.45) is 4.96. The van der Waals surface area contributed by atoms with Crippen molar-refractivity contribution in [3.63, 3.8) is 0 Å². The van der Waals surface area contributed by atoms with E-state index >= 15 is 0 Å². The summed E-state index contributed by atoms with van der Waals surface area (Å²) in [6, 6.07) is 9.05. The van der Waals surface area contributed by atoms with Crippen LogP contribution in [0.2, 0.25) is 0 Å². The fourth-order valence-electron chi connectivity index (χ4n) is 2.76. The van der Waals surface area contributed by atoms with Crippen LogP contribution in [-0.2, 0) is 19.5 Å². The summed E-state index contributed by atoms with van der Waals surface area (Å²) in [6.45, 7) is 1.64. The number of fused-ring (bicyclic) bond motifs is 1. The van der Waals surface area contributed by atoms with E-state index in [9.17, 15) is 0 Å². The van der Waals surface area contributed by atoms with Crippen LogP contribution in [0.15, 0.2) is 30.5 Å². The molecule has 5 nitrogen and oxygen atoms in total. The Kier molecular flexibility index (Phi) is 4.08. The molecule has 2 N–H and O–H groups in total. The minimum atomic E-state index is 0.187. The summed E-state index contributed by atoms with van der Waals surface area (Å²) in [5, 5.41) is 20.6. The van der Waals surface area contributed by atoms with Gasteiger partial charge < -0.3 is 10.4 Å². The summed E-state index contributed by atoms with van der Waals surface area (Å²) >= 11 is 0. The molecule has 1 heterocycles. The van der Waals surface area contributed by atoms with Crippen LogP contribution in [0.25, 0.3) is 0 Å². The van der Waals surface area contributed by atoms with E-state index in [0.29, 0.717) is 12.5 Å². The molecule has 20 heavy (non-hydrogen) atoms. The first-order chi connectivity index (χ1) is 9.86. The molecule has 0 saturated carbocycles. The number of aliphatic hydroxyl groups excluding tert-OH is 1. The van der Waals surface area contributed by atoms with Crippen molar-refractivity contribution in [1.82, 2.24) is 20.3 Å². The number of hydrogen-bond acceptors (Lipinski definition) is 4. The highest BCUT2D eigenvalue weighted by molar-refractivity contribution is 5.34. The van der Waals surface area contributed by atoms with E-state index in [1.165, 1.54) is 11.1 Å². The molecular formula is C15H20N4O. The Morgan fingerprint density at radius 3 is 3.15 bits per heavy atom. The van der Waals surface area contributed by atoms with Crippen molar-refractivity contribution in [3.8, 4) is 0 Å². The fourth-order valence-corrected chi connectivity index (χ4v) is 2.76. The number of benzene rings is 1. The highest BCUT2D eigenvalue weighted by Gasteiger charge is 2.21. The van der Waals surface area contributed by atoms with Gasteiger partial charge in [-0.1, -0.05) is 29.5 Å². The van der Waals surface area contributed by atoms with Gasteiger partial charge in [-0.25, -0.2) is 0 Å². The van der Waals surface area contributed by atoms with Gasteiger partial charge >= 0.3 is 0 Å². The molecule has 1 aliphatic carbocycles. The van der Waals surface area contributed by atoms with Gasteiger partial charge in [0.1, 0.15) is 0 Å². The zero-order valence-electron chi connectivity index (χ0n) is 11.5. The third kappa shape index (κ3) is 2.89. The van der Waals surface area contributed by atoms with Crippen LogP contribution in [0, 0.1) is 0 Å². The quantitative estimate of drug-likeness (QED) is 0.835. The van der Waals surface area contributed by atoms with Gasteiger partial charge in [0.2, 0.25) is 0 Å². The van der Waals surface area contributed by atoms with Gasteiger partial charge in [0, 0.05) is 31.9 Å². The monoisotopic (exact) mass is 272 g/mol. The van der Waals surface area contributed by atoms with Gasteiger partial charge in [-0.3, -0.25) is 4.68 Å². The second-order valence-electron chi connectivity index (χ2n) is 5.22. The van der Waals surface area contributed by atoms with Crippen LogP contribution in [0.1, 0.15) is 35.7 Å². The van der Waals surface area contributed by atoms with Gasteiger partial charge in [0.15, 0.2) is 0 Å². The van der Waals surface area contributed by atoms with Crippen LogP contribution < -0.4 is 5.32 Å². The molecule has 3 rings (SSSR count). The van der Waals surface area contributed by atoms with Crippen molar-refractivity contribution in [1.29, 1.82) is 0 Å². The van der Waals surface area contributed by atoms with Crippen LogP contribution in [0.3, 0.4) is 0 Å². The second-order valence-corrected chi connectivity index (χ2v) is 5.22. The first-order valence-electron chi connectivity index (χ1n) is 7.18. The van der Waals surface area contributed by atoms with Crippen molar-refractivity contribution in [2.75, 3.05) is 6.61 Å². The van der Waals surface area contributed by atoms with E-state index < -0.39 is 0 Å². The van der Waals surface area contributed by atoms with E-state index in [1.807, 2.05) is 6.20 Å². The topological polar surface area (TPSA) is 63.0 Å². The van der Waals surface area contributed by atoms with Crippen molar-refractivity contribution < 1.29 is 5.11 Å². The summed E-state index contributed by atoms with van der Waals surface area (Å²) < 4.78 is 1.79. The first-order valence-corrected chi connectivity index (χ1v) is 7.18. The lowest BCUT2D eigenvalue weighted by molar-refractivity contribution is 0.276. The van der Waals surface area contributed by atoms with Gasteiger partial charge in [-0.2, -0.15) is 0 Å². The number of aromatic nitrogens is 3. The molecule has 0 fully saturated rings. The Morgan fingerprint density at radius 1 is 1.35 bits per heavy atom. The average Bonchev–Trinajstić information content (AvgIpc) is 3.10. The second kappa shape index (κ2) is 6.15. The zero-order valence-corrected chi connectivity index (χ0v) is 11.5. The van der Waals surface area contributed by atoms with Gasteiger partial charge in [-0.15, -0.1) is 5.10 Å². The van der Waals surface area contributed by atoms with Crippen molar-refractivity contribution in [2.45, 2.75) is 38.4 Å². The summed E-state index contributed by atoms with van der Waals surface area (Å²) in [5.41, 5.74) is 3.82. The van der Waals surface area contributed by atoms with E-state index in [-0.39, 0.29) is 6.61 Å². The van der Waals surface area contributed by atoms with E-state index in [4.69, 9.17) is 5.11 Å². The molecule has 0 bridgehead atoms. The van der Waals surface area contributed by atoms with E-state index in [1.54, 1.807) is 4.68 Å². The predicted octanol–water partition coefficient (Wildman–Crippen LogP) is 1.44. The number of nitrogens with one attached hydrogen (secondary N) is 1. The van der Waals surface area contributed by atoms with Crippen LogP contribution in [0.4, 0.5) is 0 Å². The van der Waals surface area contributed by atoms with Gasteiger partial charge in [0.25, 0.3) is 0 Å². The van der Waals surface area contributed by atoms with Crippen molar-refractivity contribution in [3.05, 3.63) is 47.3 Å². The summed E-state index contributed by atoms with van der Waals surface area (Å²) in [5.74, 6) is 0. The Morgan fingerprint density at radius 2 is 2.25 bits per heavy atom. The largest absolute Gasteiger partial charge is 0.396 e. The minimum absolute atomic E-state index is 0.187. The lowest BCUT2D eigenvalue weighted by Gasteiger charge is -2.12. The molecule has 0 aliphatic heterocycles. The summed E-state index contributed by atoms with van der Waals surface area (Å²) in [4.78, 5) is 0. The number of hydrogen-bond donors (Lipinski definition) is 2. The molecule has 1 aromatic carbocycles. The molecule has 106 valence electrons. The predicted molar refractivity (Wildman–Crippen MR) is 76.1 cm³/mol. The number of aryl methyl sites for hydroxylation is 2. The van der Waals surface area contributed by atoms with Crippen LogP contribution in [-0.4, -0.2) is 26.7 Å². The highest BCUT2D eigenvalue weighted by Crippen LogP contribution is 2.30. The summed E-state index contributed by atoms with van der Waals surface area (Å²) in [7, 11) is 0. The SMILES string of the molecule is OCCCn1cc(CNC2CCc3ccccc32)nn1. The zero-order chi connectivity index (χ0) is 13.8. The van der Waals surface area contributed by atoms with Crippen LogP contribution in [0.5, 0.6) is 0 Å². The highest BCUT2D eigenvalue weighted by atomic mass is 16.3. The van der Waals surface area contributed by atoms with Gasteiger partial charge in [-0.05, 0) is 30.4 Å². The molecule has 2 aromatic rings. The Labute approximate surface area is 118 Å². The van der Waals surface area contributed by atoms with Gasteiger partial charge in [0.05, 0.1) is 5.69 Å². The maximum atomic E-state index is 8.80. The Hall–Kier alpha value is -1.72. The molecule has 1 aromatic heterocycles. The molecule has 0 radical (unpaired) electrons. The molecule has 0 spiro atoms. The normalized spacial score (nSPS) is 17.4. The van der Waals surface area contributed by atoms with Crippen LogP contribution >= 0.6 is 0 Å². The fraction of sp³-hybridized carbons (Fsp3) is 0.467. The minimum Gasteiger partial charge on any atom is -0.396 e. The molecule has 0 amide bonds. The van der Waals surface area contributed by atoms with E-state index in [2.05, 4.69) is 39.9 Å². The maximum Gasteiger partial charge on any atom is 0.0965 e. The van der Waals surface area contributed by atoms with Crippen molar-refractivity contribution in [2.24, 2.45) is 0 Å². The number of nitrogens with zero attached hydrogens (tertiary/aromatic N) is 3. The molecule has 1 atom stereocenters. The smallest absolute Gasteiger partial charge is 0.0965 e. The lowest BCUT2D eigenvalue weighted by atomic mass is 10.1. The number of rotatable bonds is 6. The maximum absolute atomic E-state index is 8.80. The lowest BCUT2D eigenvalue weighted by Crippen LogP contribution is -2.18. The Balaban J connectivity index is 1.56. The Bertz CT molecular complexity index is 567. The third-order valence-electron chi connectivity index (χ3n) is 3.79. The standard InChI is InChI=1S/C15H20N4O/c20-9-3-8-19-11-13(17-18-19)10-16-15-7-6-12-4-1-2-5-14(12)15/h1-2,4-5,11,15-16,20H,3,6-10H2. The molecular weight excluding hydrogens is 252 g/mol. The molecule has 5 heteroatoms. The molecule has 1 aliphatic rings. The first kappa shape index (κ1) is 13.3. The molecule has 0 saturated heterocycles. The average molecular weight is 272 g/mol. The third-order valence-corrected chi connectivity index (χ3v) is 3.79. The van der Waals surface area contributed by atoms with Crippen molar-refractivity contribution >= 4 is 0 Å².